The van der Waals surface area contributed by atoms with Gasteiger partial charge in [-0.15, -0.1) is 0 Å². The summed E-state index contributed by atoms with van der Waals surface area (Å²) in [6.07, 6.45) is 2.26. The minimum atomic E-state index is -3.12. The van der Waals surface area contributed by atoms with E-state index < -0.39 is 9.84 Å². The van der Waals surface area contributed by atoms with E-state index in [1.165, 1.54) is 6.26 Å². The fourth-order valence-corrected chi connectivity index (χ4v) is 3.38. The van der Waals surface area contributed by atoms with Gasteiger partial charge in [-0.2, -0.15) is 0 Å². The van der Waals surface area contributed by atoms with Crippen molar-refractivity contribution in [3.63, 3.8) is 0 Å². The predicted octanol–water partition coefficient (Wildman–Crippen LogP) is 1.82. The number of hydrogen-bond donors (Lipinski definition) is 1. The zero-order valence-corrected chi connectivity index (χ0v) is 13.2. The molecule has 1 heterocycles. The molecule has 0 amide bonds. The van der Waals surface area contributed by atoms with Gasteiger partial charge in [-0.3, -0.25) is 4.90 Å². The van der Waals surface area contributed by atoms with Gasteiger partial charge in [0.05, 0.1) is 4.90 Å². The summed E-state index contributed by atoms with van der Waals surface area (Å²) < 4.78 is 22.9. The first-order chi connectivity index (χ1) is 9.29. The molecule has 0 bridgehead atoms. The molecule has 0 radical (unpaired) electrons. The maximum absolute atomic E-state index is 11.5. The van der Waals surface area contributed by atoms with Gasteiger partial charge in [-0.05, 0) is 37.0 Å². The van der Waals surface area contributed by atoms with Gasteiger partial charge in [0.1, 0.15) is 0 Å². The average molecular weight is 296 g/mol. The van der Waals surface area contributed by atoms with Crippen LogP contribution >= 0.6 is 0 Å². The van der Waals surface area contributed by atoms with Gasteiger partial charge in [-0.25, -0.2) is 8.42 Å². The monoisotopic (exact) mass is 296 g/mol. The van der Waals surface area contributed by atoms with Crippen molar-refractivity contribution < 1.29 is 8.42 Å². The highest BCUT2D eigenvalue weighted by molar-refractivity contribution is 7.90. The molecule has 1 saturated heterocycles. The molecule has 3 unspecified atom stereocenters. The molecule has 5 heteroatoms. The number of piperidine rings is 1. The summed E-state index contributed by atoms with van der Waals surface area (Å²) in [6, 6.07) is 7.81. The van der Waals surface area contributed by atoms with Gasteiger partial charge in [-0.1, -0.05) is 19.1 Å². The van der Waals surface area contributed by atoms with Gasteiger partial charge in [0.15, 0.2) is 9.84 Å². The van der Waals surface area contributed by atoms with Crippen LogP contribution in [0.3, 0.4) is 0 Å². The molecule has 1 fully saturated rings. The van der Waals surface area contributed by atoms with Crippen LogP contribution in [0.4, 0.5) is 0 Å². The van der Waals surface area contributed by atoms with Gasteiger partial charge in [0.25, 0.3) is 0 Å². The molecule has 1 aliphatic rings. The minimum Gasteiger partial charge on any atom is -0.327 e. The number of sulfone groups is 1. The second kappa shape index (κ2) is 5.84. The molecule has 1 aromatic carbocycles. The predicted molar refractivity (Wildman–Crippen MR) is 81.3 cm³/mol. The molecule has 2 rings (SSSR count). The third kappa shape index (κ3) is 3.40. The van der Waals surface area contributed by atoms with Crippen LogP contribution in [0.25, 0.3) is 0 Å². The summed E-state index contributed by atoms with van der Waals surface area (Å²) >= 11 is 0. The van der Waals surface area contributed by atoms with Gasteiger partial charge in [0, 0.05) is 31.4 Å². The van der Waals surface area contributed by atoms with E-state index in [1.54, 1.807) is 12.1 Å². The topological polar surface area (TPSA) is 63.4 Å². The van der Waals surface area contributed by atoms with Crippen molar-refractivity contribution in [3.8, 4) is 0 Å². The lowest BCUT2D eigenvalue weighted by Crippen LogP contribution is -2.46. The molecule has 3 atom stereocenters. The molecule has 20 heavy (non-hydrogen) atoms. The Morgan fingerprint density at radius 2 is 1.90 bits per heavy atom. The lowest BCUT2D eigenvalue weighted by molar-refractivity contribution is 0.124. The summed E-state index contributed by atoms with van der Waals surface area (Å²) in [5, 5.41) is 0. The molecule has 1 aromatic rings. The fraction of sp³-hybridized carbons (Fsp3) is 0.600. The van der Waals surface area contributed by atoms with Gasteiger partial charge in [0.2, 0.25) is 0 Å². The Kier molecular flexibility index (Phi) is 4.52. The fourth-order valence-electron chi connectivity index (χ4n) is 2.75. The maximum atomic E-state index is 11.5. The lowest BCUT2D eigenvalue weighted by atomic mass is 9.92. The summed E-state index contributed by atoms with van der Waals surface area (Å²) in [4.78, 5) is 2.80. The van der Waals surface area contributed by atoms with E-state index in [-0.39, 0.29) is 0 Å². The van der Waals surface area contributed by atoms with Crippen molar-refractivity contribution in [2.24, 2.45) is 11.7 Å². The summed E-state index contributed by atoms with van der Waals surface area (Å²) in [5.74, 6) is 0.501. The molecule has 0 saturated carbocycles. The van der Waals surface area contributed by atoms with Gasteiger partial charge >= 0.3 is 0 Å². The molecular weight excluding hydrogens is 272 g/mol. The van der Waals surface area contributed by atoms with E-state index in [4.69, 9.17) is 5.73 Å². The molecule has 2 N–H and O–H groups in total. The number of rotatable bonds is 3. The van der Waals surface area contributed by atoms with E-state index >= 15 is 0 Å². The Hall–Kier alpha value is -0.910. The van der Waals surface area contributed by atoms with Crippen molar-refractivity contribution in [3.05, 3.63) is 29.8 Å². The van der Waals surface area contributed by atoms with E-state index in [0.29, 0.717) is 22.9 Å². The Bertz CT molecular complexity index is 554. The third-order valence-corrected chi connectivity index (χ3v) is 5.47. The molecule has 0 spiro atoms. The molecule has 1 aliphatic heterocycles. The van der Waals surface area contributed by atoms with Crippen molar-refractivity contribution in [2.75, 3.05) is 19.3 Å². The zero-order valence-electron chi connectivity index (χ0n) is 12.4. The highest BCUT2D eigenvalue weighted by Gasteiger charge is 2.26. The smallest absolute Gasteiger partial charge is 0.175 e. The van der Waals surface area contributed by atoms with Gasteiger partial charge < -0.3 is 5.73 Å². The first-order valence-electron chi connectivity index (χ1n) is 7.08. The Balaban J connectivity index is 2.11. The SMILES string of the molecule is CC1CN(C(C)c2ccc(S(C)(=O)=O)cc2)CCC1N. The van der Waals surface area contributed by atoms with E-state index in [0.717, 1.165) is 25.1 Å². The zero-order chi connectivity index (χ0) is 14.9. The number of nitrogens with zero attached hydrogens (tertiary/aromatic N) is 1. The number of likely N-dealkylation sites (tertiary alicyclic amines) is 1. The van der Waals surface area contributed by atoms with Crippen molar-refractivity contribution in [2.45, 2.75) is 37.2 Å². The normalized spacial score (nSPS) is 26.4. The Morgan fingerprint density at radius 3 is 2.40 bits per heavy atom. The quantitative estimate of drug-likeness (QED) is 0.924. The number of benzene rings is 1. The van der Waals surface area contributed by atoms with Crippen molar-refractivity contribution >= 4 is 9.84 Å². The second-order valence-electron chi connectivity index (χ2n) is 5.94. The van der Waals surface area contributed by atoms with E-state index in [1.807, 2.05) is 12.1 Å². The molecular formula is C15H24N2O2S. The number of nitrogens with two attached hydrogens (primary N) is 1. The first kappa shape index (κ1) is 15.5. The molecule has 0 aromatic heterocycles. The number of hydrogen-bond acceptors (Lipinski definition) is 4. The molecule has 112 valence electrons. The average Bonchev–Trinajstić information content (AvgIpc) is 2.40. The van der Waals surface area contributed by atoms with Crippen LogP contribution in [0.1, 0.15) is 31.9 Å². The third-order valence-electron chi connectivity index (χ3n) is 4.34. The molecule has 4 nitrogen and oxygen atoms in total. The van der Waals surface area contributed by atoms with Crippen LogP contribution in [-0.2, 0) is 9.84 Å². The first-order valence-corrected chi connectivity index (χ1v) is 8.98. The van der Waals surface area contributed by atoms with Crippen LogP contribution in [0.2, 0.25) is 0 Å². The minimum absolute atomic E-state index is 0.290. The van der Waals surface area contributed by atoms with Crippen LogP contribution in [0, 0.1) is 5.92 Å². The summed E-state index contributed by atoms with van der Waals surface area (Å²) in [7, 11) is -3.12. The van der Waals surface area contributed by atoms with E-state index in [2.05, 4.69) is 18.7 Å². The second-order valence-corrected chi connectivity index (χ2v) is 7.96. The Labute approximate surface area is 121 Å². The van der Waals surface area contributed by atoms with Crippen LogP contribution in [0.15, 0.2) is 29.2 Å². The van der Waals surface area contributed by atoms with Crippen molar-refractivity contribution in [1.82, 2.24) is 4.90 Å². The summed E-state index contributed by atoms with van der Waals surface area (Å²) in [6.45, 7) is 6.35. The van der Waals surface area contributed by atoms with Crippen LogP contribution in [-0.4, -0.2) is 38.7 Å². The van der Waals surface area contributed by atoms with Crippen molar-refractivity contribution in [1.29, 1.82) is 0 Å². The van der Waals surface area contributed by atoms with E-state index in [9.17, 15) is 8.42 Å². The standard InChI is InChI=1S/C15H24N2O2S/c1-11-10-17(9-8-15(11)16)12(2)13-4-6-14(7-5-13)20(3,18)19/h4-7,11-12,15H,8-10,16H2,1-3H3. The lowest BCUT2D eigenvalue weighted by Gasteiger charge is -2.38. The Morgan fingerprint density at radius 1 is 1.30 bits per heavy atom. The molecule has 0 aliphatic carbocycles. The maximum Gasteiger partial charge on any atom is 0.175 e. The van der Waals surface area contributed by atoms with Crippen LogP contribution < -0.4 is 5.73 Å². The van der Waals surface area contributed by atoms with Crippen LogP contribution in [0.5, 0.6) is 0 Å². The highest BCUT2D eigenvalue weighted by atomic mass is 32.2. The largest absolute Gasteiger partial charge is 0.327 e. The summed E-state index contributed by atoms with van der Waals surface area (Å²) in [5.41, 5.74) is 7.21. The highest BCUT2D eigenvalue weighted by Crippen LogP contribution is 2.26.